The van der Waals surface area contributed by atoms with E-state index in [2.05, 4.69) is 46.4 Å². The van der Waals surface area contributed by atoms with E-state index in [1.807, 2.05) is 18.3 Å². The Kier molecular flexibility index (Phi) is 9.08. The predicted molar refractivity (Wildman–Crippen MR) is 102 cm³/mol. The van der Waals surface area contributed by atoms with Gasteiger partial charge in [0.2, 0.25) is 0 Å². The number of pyridine rings is 1. The first-order chi connectivity index (χ1) is 10.8. The fraction of sp³-hybridized carbons (Fsp3) is 0.389. The van der Waals surface area contributed by atoms with E-state index in [0.29, 0.717) is 12.6 Å². The molecule has 1 atom stereocenters. The van der Waals surface area contributed by atoms with Gasteiger partial charge >= 0.3 is 0 Å². The van der Waals surface area contributed by atoms with Crippen LogP contribution in [0.25, 0.3) is 0 Å². The Balaban J connectivity index is 0.00000144. The third kappa shape index (κ3) is 5.95. The molecule has 132 valence electrons. The van der Waals surface area contributed by atoms with Crippen LogP contribution in [0.3, 0.4) is 0 Å². The van der Waals surface area contributed by atoms with E-state index >= 15 is 0 Å². The number of benzene rings is 1. The minimum absolute atomic E-state index is 0. The van der Waals surface area contributed by atoms with Crippen molar-refractivity contribution in [3.8, 4) is 5.75 Å². The van der Waals surface area contributed by atoms with Crippen molar-refractivity contribution in [2.75, 3.05) is 19.6 Å². The quantitative estimate of drug-likeness (QED) is 0.877. The standard InChI is InChI=1S/C18H23N3O.2ClH/c1-15-11-20-9-10-21(15)13-16-4-6-18(7-5-16)22-14-17-3-2-8-19-12-17;;/h2-8,12,15,20H,9-11,13-14H2,1H3;2*1H/t15-;;/m1../s1. The van der Waals surface area contributed by atoms with Gasteiger partial charge < -0.3 is 10.1 Å². The number of piperazine rings is 1. The molecule has 1 aliphatic heterocycles. The van der Waals surface area contributed by atoms with Gasteiger partial charge in [0.15, 0.2) is 0 Å². The molecule has 3 rings (SSSR count). The fourth-order valence-electron chi connectivity index (χ4n) is 2.69. The van der Waals surface area contributed by atoms with Crippen LogP contribution in [0.4, 0.5) is 0 Å². The van der Waals surface area contributed by atoms with Crippen LogP contribution in [0.2, 0.25) is 0 Å². The van der Waals surface area contributed by atoms with Crippen LogP contribution in [-0.2, 0) is 13.2 Å². The SMILES string of the molecule is C[C@@H]1CNCCN1Cc1ccc(OCc2cccnc2)cc1.Cl.Cl. The Hall–Kier alpha value is -1.33. The first-order valence-corrected chi connectivity index (χ1v) is 7.87. The molecule has 1 aromatic carbocycles. The Labute approximate surface area is 156 Å². The van der Waals surface area contributed by atoms with Crippen LogP contribution < -0.4 is 10.1 Å². The van der Waals surface area contributed by atoms with Gasteiger partial charge in [0.1, 0.15) is 12.4 Å². The van der Waals surface area contributed by atoms with Crippen LogP contribution >= 0.6 is 24.8 Å². The summed E-state index contributed by atoms with van der Waals surface area (Å²) < 4.78 is 5.79. The molecule has 2 heterocycles. The first kappa shape index (κ1) is 20.7. The van der Waals surface area contributed by atoms with Crippen molar-refractivity contribution in [3.05, 3.63) is 59.9 Å². The molecule has 1 fully saturated rings. The summed E-state index contributed by atoms with van der Waals surface area (Å²) in [5.74, 6) is 0.904. The van der Waals surface area contributed by atoms with E-state index in [1.54, 1.807) is 6.20 Å². The Morgan fingerprint density at radius 3 is 2.62 bits per heavy atom. The highest BCUT2D eigenvalue weighted by molar-refractivity contribution is 5.85. The van der Waals surface area contributed by atoms with Crippen molar-refractivity contribution in [2.24, 2.45) is 0 Å². The van der Waals surface area contributed by atoms with E-state index in [9.17, 15) is 0 Å². The summed E-state index contributed by atoms with van der Waals surface area (Å²) in [7, 11) is 0. The average Bonchev–Trinajstić information content (AvgIpc) is 2.57. The molecule has 0 radical (unpaired) electrons. The molecule has 2 aromatic rings. The lowest BCUT2D eigenvalue weighted by molar-refractivity contribution is 0.165. The largest absolute Gasteiger partial charge is 0.489 e. The van der Waals surface area contributed by atoms with E-state index in [4.69, 9.17) is 4.74 Å². The van der Waals surface area contributed by atoms with Crippen LogP contribution in [0.1, 0.15) is 18.1 Å². The van der Waals surface area contributed by atoms with E-state index in [1.165, 1.54) is 5.56 Å². The Bertz CT molecular complexity index is 581. The number of nitrogens with zero attached hydrogens (tertiary/aromatic N) is 2. The van der Waals surface area contributed by atoms with Gasteiger partial charge in [-0.05, 0) is 30.7 Å². The smallest absolute Gasteiger partial charge is 0.119 e. The molecule has 24 heavy (non-hydrogen) atoms. The van der Waals surface area contributed by atoms with Crippen molar-refractivity contribution >= 4 is 24.8 Å². The highest BCUT2D eigenvalue weighted by Crippen LogP contribution is 2.16. The number of hydrogen-bond donors (Lipinski definition) is 1. The fourth-order valence-corrected chi connectivity index (χ4v) is 2.69. The van der Waals surface area contributed by atoms with Gasteiger partial charge in [-0.3, -0.25) is 9.88 Å². The lowest BCUT2D eigenvalue weighted by Gasteiger charge is -2.33. The molecule has 1 N–H and O–H groups in total. The number of hydrogen-bond acceptors (Lipinski definition) is 4. The summed E-state index contributed by atoms with van der Waals surface area (Å²) in [4.78, 5) is 6.61. The summed E-state index contributed by atoms with van der Waals surface area (Å²) in [5.41, 5.74) is 2.42. The first-order valence-electron chi connectivity index (χ1n) is 7.87. The van der Waals surface area contributed by atoms with Crippen LogP contribution in [0, 0.1) is 0 Å². The number of halogens is 2. The summed E-state index contributed by atoms with van der Waals surface area (Å²) in [6.07, 6.45) is 3.61. The number of ether oxygens (including phenoxy) is 1. The minimum Gasteiger partial charge on any atom is -0.489 e. The lowest BCUT2D eigenvalue weighted by Crippen LogP contribution is -2.49. The molecule has 0 bridgehead atoms. The third-order valence-corrected chi connectivity index (χ3v) is 4.08. The predicted octanol–water partition coefficient (Wildman–Crippen LogP) is 3.30. The summed E-state index contributed by atoms with van der Waals surface area (Å²) >= 11 is 0. The van der Waals surface area contributed by atoms with Gasteiger partial charge in [0.05, 0.1) is 0 Å². The van der Waals surface area contributed by atoms with Gasteiger partial charge in [-0.2, -0.15) is 0 Å². The summed E-state index contributed by atoms with van der Waals surface area (Å²) in [5, 5.41) is 3.42. The van der Waals surface area contributed by atoms with Gasteiger partial charge in [0.25, 0.3) is 0 Å². The molecule has 0 unspecified atom stereocenters. The zero-order chi connectivity index (χ0) is 15.2. The lowest BCUT2D eigenvalue weighted by atomic mass is 10.1. The second kappa shape index (κ2) is 10.5. The molecular formula is C18H25Cl2N3O. The highest BCUT2D eigenvalue weighted by atomic mass is 35.5. The molecule has 4 nitrogen and oxygen atoms in total. The molecule has 6 heteroatoms. The van der Waals surface area contributed by atoms with Crippen LogP contribution in [0.15, 0.2) is 48.8 Å². The molecule has 0 aliphatic carbocycles. The zero-order valence-electron chi connectivity index (χ0n) is 13.9. The molecule has 1 aromatic heterocycles. The highest BCUT2D eigenvalue weighted by Gasteiger charge is 2.17. The van der Waals surface area contributed by atoms with Gasteiger partial charge in [-0.25, -0.2) is 0 Å². The zero-order valence-corrected chi connectivity index (χ0v) is 15.5. The normalized spacial score (nSPS) is 17.5. The Morgan fingerprint density at radius 1 is 1.17 bits per heavy atom. The molecule has 0 saturated carbocycles. The number of rotatable bonds is 5. The van der Waals surface area contributed by atoms with Crippen molar-refractivity contribution < 1.29 is 4.74 Å². The van der Waals surface area contributed by atoms with Crippen molar-refractivity contribution in [1.29, 1.82) is 0 Å². The summed E-state index contributed by atoms with van der Waals surface area (Å²) in [6.45, 7) is 7.11. The van der Waals surface area contributed by atoms with Crippen molar-refractivity contribution in [2.45, 2.75) is 26.1 Å². The number of nitrogens with one attached hydrogen (secondary N) is 1. The van der Waals surface area contributed by atoms with Crippen molar-refractivity contribution in [3.63, 3.8) is 0 Å². The van der Waals surface area contributed by atoms with Gasteiger partial charge in [-0.15, -0.1) is 24.8 Å². The van der Waals surface area contributed by atoms with E-state index in [0.717, 1.165) is 37.5 Å². The topological polar surface area (TPSA) is 37.4 Å². The van der Waals surface area contributed by atoms with Crippen LogP contribution in [-0.4, -0.2) is 35.6 Å². The minimum atomic E-state index is 0. The maximum absolute atomic E-state index is 5.79. The summed E-state index contributed by atoms with van der Waals surface area (Å²) in [6, 6.07) is 13.0. The van der Waals surface area contributed by atoms with Crippen molar-refractivity contribution in [1.82, 2.24) is 15.2 Å². The molecular weight excluding hydrogens is 345 g/mol. The second-order valence-corrected chi connectivity index (χ2v) is 5.82. The molecule has 1 aliphatic rings. The average molecular weight is 370 g/mol. The van der Waals surface area contributed by atoms with E-state index < -0.39 is 0 Å². The monoisotopic (exact) mass is 369 g/mol. The maximum Gasteiger partial charge on any atom is 0.119 e. The Morgan fingerprint density at radius 2 is 1.96 bits per heavy atom. The maximum atomic E-state index is 5.79. The molecule has 0 amide bonds. The second-order valence-electron chi connectivity index (χ2n) is 5.82. The van der Waals surface area contributed by atoms with Gasteiger partial charge in [-0.1, -0.05) is 18.2 Å². The third-order valence-electron chi connectivity index (χ3n) is 4.08. The molecule has 0 spiro atoms. The van der Waals surface area contributed by atoms with E-state index in [-0.39, 0.29) is 24.8 Å². The number of aromatic nitrogens is 1. The molecule has 1 saturated heterocycles. The van der Waals surface area contributed by atoms with Crippen LogP contribution in [0.5, 0.6) is 5.75 Å². The van der Waals surface area contributed by atoms with Gasteiger partial charge in [0, 0.05) is 50.2 Å².